The average Bonchev–Trinajstić information content (AvgIpc) is 3.01. The van der Waals surface area contributed by atoms with E-state index < -0.39 is 0 Å². The standard InChI is InChI=1S/C10H19N3O/c1-12-4-5-13(7-9(12)6-11)10(14)8-2-3-8/h8-9H,2-7,11H2,1H3. The van der Waals surface area contributed by atoms with Crippen molar-refractivity contribution >= 4 is 5.91 Å². The van der Waals surface area contributed by atoms with Crippen molar-refractivity contribution in [3.8, 4) is 0 Å². The topological polar surface area (TPSA) is 49.6 Å². The summed E-state index contributed by atoms with van der Waals surface area (Å²) in [4.78, 5) is 16.0. The molecule has 1 saturated carbocycles. The molecule has 1 unspecified atom stereocenters. The SMILES string of the molecule is CN1CCN(C(=O)C2CC2)CC1CN. The third-order valence-corrected chi connectivity index (χ3v) is 3.29. The van der Waals surface area contributed by atoms with Crippen molar-refractivity contribution in [3.63, 3.8) is 0 Å². The fourth-order valence-electron chi connectivity index (χ4n) is 1.99. The highest BCUT2D eigenvalue weighted by atomic mass is 16.2. The van der Waals surface area contributed by atoms with E-state index in [1.807, 2.05) is 4.90 Å². The number of likely N-dealkylation sites (N-methyl/N-ethyl adjacent to an activating group) is 1. The molecule has 1 heterocycles. The summed E-state index contributed by atoms with van der Waals surface area (Å²) < 4.78 is 0. The highest BCUT2D eigenvalue weighted by Gasteiger charge is 2.36. The first-order valence-corrected chi connectivity index (χ1v) is 5.41. The highest BCUT2D eigenvalue weighted by molar-refractivity contribution is 5.81. The van der Waals surface area contributed by atoms with Crippen molar-refractivity contribution in [1.29, 1.82) is 0 Å². The third-order valence-electron chi connectivity index (χ3n) is 3.29. The minimum absolute atomic E-state index is 0.344. The zero-order valence-corrected chi connectivity index (χ0v) is 8.78. The van der Waals surface area contributed by atoms with Gasteiger partial charge in [-0.05, 0) is 19.9 Å². The number of carbonyl (C=O) groups is 1. The van der Waals surface area contributed by atoms with Crippen LogP contribution in [0.5, 0.6) is 0 Å². The zero-order valence-electron chi connectivity index (χ0n) is 8.78. The molecule has 0 aromatic rings. The van der Waals surface area contributed by atoms with Gasteiger partial charge in [0.15, 0.2) is 0 Å². The Morgan fingerprint density at radius 2 is 2.14 bits per heavy atom. The molecule has 80 valence electrons. The van der Waals surface area contributed by atoms with Gasteiger partial charge in [0.05, 0.1) is 0 Å². The lowest BCUT2D eigenvalue weighted by Crippen LogP contribution is -2.56. The maximum Gasteiger partial charge on any atom is 0.225 e. The summed E-state index contributed by atoms with van der Waals surface area (Å²) in [7, 11) is 2.08. The van der Waals surface area contributed by atoms with Gasteiger partial charge >= 0.3 is 0 Å². The Balaban J connectivity index is 1.91. The molecular formula is C10H19N3O. The van der Waals surface area contributed by atoms with Crippen LogP contribution in [-0.4, -0.2) is 55.0 Å². The van der Waals surface area contributed by atoms with E-state index in [1.165, 1.54) is 0 Å². The zero-order chi connectivity index (χ0) is 10.1. The lowest BCUT2D eigenvalue weighted by atomic mass is 10.1. The second-order valence-electron chi connectivity index (χ2n) is 4.43. The van der Waals surface area contributed by atoms with Gasteiger partial charge in [0.2, 0.25) is 5.91 Å². The van der Waals surface area contributed by atoms with Gasteiger partial charge in [-0.2, -0.15) is 0 Å². The van der Waals surface area contributed by atoms with Gasteiger partial charge in [0.1, 0.15) is 0 Å². The normalized spacial score (nSPS) is 29.3. The fourth-order valence-corrected chi connectivity index (χ4v) is 1.99. The van der Waals surface area contributed by atoms with Crippen molar-refractivity contribution in [2.24, 2.45) is 11.7 Å². The molecule has 14 heavy (non-hydrogen) atoms. The summed E-state index contributed by atoms with van der Waals surface area (Å²) in [6.45, 7) is 3.30. The second kappa shape index (κ2) is 3.87. The predicted octanol–water partition coefficient (Wildman–Crippen LogP) is -0.502. The largest absolute Gasteiger partial charge is 0.340 e. The first kappa shape index (κ1) is 9.93. The number of nitrogens with two attached hydrogens (primary N) is 1. The molecule has 0 spiro atoms. The first-order chi connectivity index (χ1) is 6.72. The van der Waals surface area contributed by atoms with Crippen LogP contribution in [0.15, 0.2) is 0 Å². The van der Waals surface area contributed by atoms with Crippen LogP contribution >= 0.6 is 0 Å². The summed E-state index contributed by atoms with van der Waals surface area (Å²) in [5.41, 5.74) is 5.67. The molecule has 4 nitrogen and oxygen atoms in total. The Morgan fingerprint density at radius 3 is 2.71 bits per heavy atom. The molecule has 1 atom stereocenters. The number of piperazine rings is 1. The van der Waals surface area contributed by atoms with Gasteiger partial charge in [-0.15, -0.1) is 0 Å². The van der Waals surface area contributed by atoms with Crippen LogP contribution in [-0.2, 0) is 4.79 Å². The van der Waals surface area contributed by atoms with Gasteiger partial charge in [-0.3, -0.25) is 9.69 Å². The monoisotopic (exact) mass is 197 g/mol. The maximum atomic E-state index is 11.8. The Bertz CT molecular complexity index is 227. The molecule has 4 heteroatoms. The van der Waals surface area contributed by atoms with Gasteiger partial charge in [0, 0.05) is 38.1 Å². The van der Waals surface area contributed by atoms with E-state index in [9.17, 15) is 4.79 Å². The average molecular weight is 197 g/mol. The predicted molar refractivity (Wildman–Crippen MR) is 54.8 cm³/mol. The minimum atomic E-state index is 0.344. The summed E-state index contributed by atoms with van der Waals surface area (Å²) in [5.74, 6) is 0.702. The molecule has 2 N–H and O–H groups in total. The van der Waals surface area contributed by atoms with Crippen LogP contribution in [0.25, 0.3) is 0 Å². The van der Waals surface area contributed by atoms with Crippen molar-refractivity contribution in [1.82, 2.24) is 9.80 Å². The van der Waals surface area contributed by atoms with Crippen LogP contribution in [0.2, 0.25) is 0 Å². The van der Waals surface area contributed by atoms with Crippen LogP contribution in [0.1, 0.15) is 12.8 Å². The quantitative estimate of drug-likeness (QED) is 0.649. The van der Waals surface area contributed by atoms with Crippen LogP contribution in [0.3, 0.4) is 0 Å². The smallest absolute Gasteiger partial charge is 0.225 e. The van der Waals surface area contributed by atoms with Crippen LogP contribution in [0.4, 0.5) is 0 Å². The van der Waals surface area contributed by atoms with E-state index in [1.54, 1.807) is 0 Å². The number of nitrogens with zero attached hydrogens (tertiary/aromatic N) is 2. The molecular weight excluding hydrogens is 178 g/mol. The molecule has 1 amide bonds. The molecule has 2 rings (SSSR count). The number of hydrogen-bond donors (Lipinski definition) is 1. The summed E-state index contributed by atoms with van der Waals surface area (Å²) in [6, 6.07) is 0.353. The van der Waals surface area contributed by atoms with Gasteiger partial charge in [-0.1, -0.05) is 0 Å². The van der Waals surface area contributed by atoms with E-state index in [-0.39, 0.29) is 0 Å². The molecule has 1 aliphatic carbocycles. The number of rotatable bonds is 2. The Morgan fingerprint density at radius 1 is 1.43 bits per heavy atom. The maximum absolute atomic E-state index is 11.8. The Kier molecular flexibility index (Phi) is 2.74. The lowest BCUT2D eigenvalue weighted by molar-refractivity contribution is -0.135. The summed E-state index contributed by atoms with van der Waals surface area (Å²) >= 11 is 0. The molecule has 1 saturated heterocycles. The first-order valence-electron chi connectivity index (χ1n) is 5.41. The number of amides is 1. The molecule has 0 radical (unpaired) electrons. The molecule has 0 aromatic carbocycles. The van der Waals surface area contributed by atoms with Crippen molar-refractivity contribution < 1.29 is 4.79 Å². The third kappa shape index (κ3) is 1.91. The van der Waals surface area contributed by atoms with E-state index in [0.717, 1.165) is 32.5 Å². The van der Waals surface area contributed by atoms with Crippen LogP contribution in [0, 0.1) is 5.92 Å². The second-order valence-corrected chi connectivity index (χ2v) is 4.43. The van der Waals surface area contributed by atoms with E-state index in [4.69, 9.17) is 5.73 Å². The molecule has 2 aliphatic rings. The summed E-state index contributed by atoms with van der Waals surface area (Å²) in [5, 5.41) is 0. The van der Waals surface area contributed by atoms with Gasteiger partial charge in [-0.25, -0.2) is 0 Å². The van der Waals surface area contributed by atoms with Crippen molar-refractivity contribution in [3.05, 3.63) is 0 Å². The Labute approximate surface area is 85.0 Å². The summed E-state index contributed by atoms with van der Waals surface area (Å²) in [6.07, 6.45) is 2.19. The molecule has 0 aromatic heterocycles. The lowest BCUT2D eigenvalue weighted by Gasteiger charge is -2.39. The van der Waals surface area contributed by atoms with Crippen LogP contribution < -0.4 is 5.73 Å². The van der Waals surface area contributed by atoms with Crippen molar-refractivity contribution in [2.75, 3.05) is 33.2 Å². The van der Waals surface area contributed by atoms with E-state index in [2.05, 4.69) is 11.9 Å². The highest BCUT2D eigenvalue weighted by Crippen LogP contribution is 2.31. The molecule has 2 fully saturated rings. The van der Waals surface area contributed by atoms with E-state index >= 15 is 0 Å². The number of hydrogen-bond acceptors (Lipinski definition) is 3. The van der Waals surface area contributed by atoms with Crippen molar-refractivity contribution in [2.45, 2.75) is 18.9 Å². The minimum Gasteiger partial charge on any atom is -0.340 e. The Hall–Kier alpha value is -0.610. The molecule has 0 bridgehead atoms. The fraction of sp³-hybridized carbons (Fsp3) is 0.900. The van der Waals surface area contributed by atoms with Gasteiger partial charge in [0.25, 0.3) is 0 Å². The molecule has 1 aliphatic heterocycles. The number of carbonyl (C=O) groups excluding carboxylic acids is 1. The van der Waals surface area contributed by atoms with E-state index in [0.29, 0.717) is 24.4 Å². The van der Waals surface area contributed by atoms with Gasteiger partial charge < -0.3 is 10.6 Å².